The van der Waals surface area contributed by atoms with E-state index in [0.29, 0.717) is 23.5 Å². The summed E-state index contributed by atoms with van der Waals surface area (Å²) < 4.78 is 5.80. The summed E-state index contributed by atoms with van der Waals surface area (Å²) in [5.41, 5.74) is 3.57. The van der Waals surface area contributed by atoms with Gasteiger partial charge in [0, 0.05) is 17.1 Å². The Morgan fingerprint density at radius 1 is 1.10 bits per heavy atom. The largest absolute Gasteiger partial charge is 0.510 e. The number of carbonyl (C=O) groups is 3. The number of phenols is 1. The summed E-state index contributed by atoms with van der Waals surface area (Å²) in [6.45, 7) is 2.28. The monoisotopic (exact) mass is 534 g/mol. The number of nitrogens with zero attached hydrogens (tertiary/aromatic N) is 1. The molecule has 204 valence electrons. The summed E-state index contributed by atoms with van der Waals surface area (Å²) in [4.78, 5) is 40.9. The van der Waals surface area contributed by atoms with Crippen LogP contribution in [0.5, 0.6) is 11.5 Å². The fraction of sp³-hybridized carbons (Fsp3) is 0.345. The molecule has 0 bridgehead atoms. The standard InChI is InChI=1S/C29H30N2O8/c1-4-39-19-8-6-5-7-15(19)14-9-10-18(32)21-16(14)11-13-12-17-23(31(2)3)25(34)22(28(30)37)27(36)29(17,38)26(35)20(13)24(21)33/h5-10,13,17,23,32,34-35,38H,4,11-12H2,1-3H3,(H2,30,37)/t13-,17-,23-,29-/m1/s1. The van der Waals surface area contributed by atoms with Crippen molar-refractivity contribution < 1.29 is 39.5 Å². The second-order valence-corrected chi connectivity index (χ2v) is 10.4. The molecule has 10 heteroatoms. The lowest BCUT2D eigenvalue weighted by atomic mass is 9.58. The molecule has 0 aromatic heterocycles. The maximum atomic E-state index is 13.9. The highest BCUT2D eigenvalue weighted by Crippen LogP contribution is 2.53. The van der Waals surface area contributed by atoms with Crippen molar-refractivity contribution in [3.8, 4) is 22.6 Å². The number of primary amides is 1. The summed E-state index contributed by atoms with van der Waals surface area (Å²) in [5, 5.41) is 44.8. The van der Waals surface area contributed by atoms with E-state index >= 15 is 0 Å². The molecule has 0 saturated carbocycles. The number of aliphatic hydroxyl groups is 3. The second-order valence-electron chi connectivity index (χ2n) is 10.4. The number of ketones is 2. The van der Waals surface area contributed by atoms with Gasteiger partial charge in [0.15, 0.2) is 11.4 Å². The van der Waals surface area contributed by atoms with Crippen molar-refractivity contribution in [1.29, 1.82) is 0 Å². The van der Waals surface area contributed by atoms with E-state index in [0.717, 1.165) is 5.56 Å². The number of para-hydroxylation sites is 1. The molecule has 2 aromatic carbocycles. The Bertz CT molecular complexity index is 1490. The highest BCUT2D eigenvalue weighted by atomic mass is 16.5. The number of nitrogens with two attached hydrogens (primary N) is 1. The fourth-order valence-corrected chi connectivity index (χ4v) is 6.47. The fourth-order valence-electron chi connectivity index (χ4n) is 6.47. The number of hydrogen-bond donors (Lipinski definition) is 5. The van der Waals surface area contributed by atoms with Crippen LogP contribution in [0, 0.1) is 11.8 Å². The summed E-state index contributed by atoms with van der Waals surface area (Å²) in [7, 11) is 3.18. The van der Waals surface area contributed by atoms with E-state index < -0.39 is 58.0 Å². The molecule has 0 spiro atoms. The molecule has 3 aliphatic carbocycles. The molecule has 0 saturated heterocycles. The smallest absolute Gasteiger partial charge is 0.255 e. The number of fused-ring (bicyclic) bond motifs is 3. The third kappa shape index (κ3) is 3.66. The predicted octanol–water partition coefficient (Wildman–Crippen LogP) is 2.19. The summed E-state index contributed by atoms with van der Waals surface area (Å²) in [5.74, 6) is -6.19. The number of likely N-dealkylation sites (N-methyl/N-ethyl adjacent to an activating group) is 1. The number of aromatic hydroxyl groups is 1. The van der Waals surface area contributed by atoms with Crippen LogP contribution in [0.4, 0.5) is 0 Å². The minimum atomic E-state index is -2.67. The van der Waals surface area contributed by atoms with E-state index in [1.165, 1.54) is 11.0 Å². The Hall–Kier alpha value is -4.15. The van der Waals surface area contributed by atoms with Crippen LogP contribution in [0.1, 0.15) is 29.3 Å². The molecule has 0 fully saturated rings. The van der Waals surface area contributed by atoms with Gasteiger partial charge in [-0.15, -0.1) is 0 Å². The number of aliphatic hydroxyl groups excluding tert-OH is 2. The van der Waals surface area contributed by atoms with Gasteiger partial charge in [0.1, 0.15) is 28.6 Å². The van der Waals surface area contributed by atoms with Crippen molar-refractivity contribution in [2.24, 2.45) is 17.6 Å². The summed E-state index contributed by atoms with van der Waals surface area (Å²) in [6, 6.07) is 9.36. The van der Waals surface area contributed by atoms with Gasteiger partial charge >= 0.3 is 0 Å². The van der Waals surface area contributed by atoms with Gasteiger partial charge in [-0.1, -0.05) is 24.3 Å². The lowest BCUT2D eigenvalue weighted by Gasteiger charge is -2.50. The van der Waals surface area contributed by atoms with Gasteiger partial charge in [-0.05, 0) is 63.0 Å². The number of carbonyl (C=O) groups excluding carboxylic acids is 3. The van der Waals surface area contributed by atoms with Crippen molar-refractivity contribution in [2.75, 3.05) is 20.7 Å². The molecule has 6 N–H and O–H groups in total. The molecule has 0 unspecified atom stereocenters. The SMILES string of the molecule is CCOc1ccccc1-c1ccc(O)c2c1C[C@@H]1C[C@@H]3[C@@H](N(C)C)C(O)=C(C(N)=O)C(=O)[C@]3(O)C(O)=C1C2=O. The third-order valence-corrected chi connectivity index (χ3v) is 8.08. The lowest BCUT2D eigenvalue weighted by molar-refractivity contribution is -0.148. The average Bonchev–Trinajstić information content (AvgIpc) is 2.87. The molecule has 3 aliphatic rings. The Labute approximate surface area is 224 Å². The molecular formula is C29H30N2O8. The topological polar surface area (TPSA) is 171 Å². The van der Waals surface area contributed by atoms with Crippen LogP contribution < -0.4 is 10.5 Å². The number of phenolic OH excluding ortho intramolecular Hbond substituents is 1. The van der Waals surface area contributed by atoms with Crippen LogP contribution >= 0.6 is 0 Å². The molecule has 0 radical (unpaired) electrons. The molecule has 4 atom stereocenters. The van der Waals surface area contributed by atoms with E-state index in [9.17, 15) is 34.8 Å². The van der Waals surface area contributed by atoms with Crippen LogP contribution in [0.15, 0.2) is 59.1 Å². The van der Waals surface area contributed by atoms with Crippen LogP contribution in [0.2, 0.25) is 0 Å². The first-order valence-electron chi connectivity index (χ1n) is 12.7. The average molecular weight is 535 g/mol. The maximum Gasteiger partial charge on any atom is 0.255 e. The maximum absolute atomic E-state index is 13.9. The zero-order valence-corrected chi connectivity index (χ0v) is 21.8. The predicted molar refractivity (Wildman–Crippen MR) is 140 cm³/mol. The third-order valence-electron chi connectivity index (χ3n) is 8.08. The Balaban J connectivity index is 1.72. The van der Waals surface area contributed by atoms with Gasteiger partial charge in [0.2, 0.25) is 5.78 Å². The van der Waals surface area contributed by atoms with Crippen molar-refractivity contribution in [1.82, 2.24) is 4.90 Å². The number of amides is 1. The van der Waals surface area contributed by atoms with Crippen LogP contribution in [-0.2, 0) is 16.0 Å². The highest BCUT2D eigenvalue weighted by Gasteiger charge is 2.63. The van der Waals surface area contributed by atoms with E-state index in [2.05, 4.69) is 0 Å². The zero-order chi connectivity index (χ0) is 28.4. The first-order valence-corrected chi connectivity index (χ1v) is 12.7. The minimum Gasteiger partial charge on any atom is -0.510 e. The second kappa shape index (κ2) is 9.25. The van der Waals surface area contributed by atoms with Crippen molar-refractivity contribution in [2.45, 2.75) is 31.4 Å². The molecule has 39 heavy (non-hydrogen) atoms. The van der Waals surface area contributed by atoms with Gasteiger partial charge in [0.25, 0.3) is 5.91 Å². The summed E-state index contributed by atoms with van der Waals surface area (Å²) in [6.07, 6.45) is 0.215. The lowest BCUT2D eigenvalue weighted by Crippen LogP contribution is -2.63. The van der Waals surface area contributed by atoms with E-state index in [4.69, 9.17) is 10.5 Å². The number of rotatable bonds is 5. The Morgan fingerprint density at radius 3 is 2.44 bits per heavy atom. The number of Topliss-reactive ketones (excluding diaryl/α,β-unsaturated/α-hetero) is 2. The molecular weight excluding hydrogens is 504 g/mol. The van der Waals surface area contributed by atoms with Crippen molar-refractivity contribution in [3.05, 3.63) is 70.2 Å². The zero-order valence-electron chi connectivity index (χ0n) is 21.8. The molecule has 0 aliphatic heterocycles. The first-order chi connectivity index (χ1) is 18.4. The number of ether oxygens (including phenoxy) is 1. The van der Waals surface area contributed by atoms with Gasteiger partial charge < -0.3 is 30.9 Å². The number of hydrogen-bond acceptors (Lipinski definition) is 9. The quantitative estimate of drug-likeness (QED) is 0.361. The van der Waals surface area contributed by atoms with Gasteiger partial charge in [-0.3, -0.25) is 19.3 Å². The molecule has 2 aromatic rings. The molecule has 10 nitrogen and oxygen atoms in total. The van der Waals surface area contributed by atoms with E-state index in [1.54, 1.807) is 26.2 Å². The van der Waals surface area contributed by atoms with Crippen molar-refractivity contribution >= 4 is 17.5 Å². The summed E-state index contributed by atoms with van der Waals surface area (Å²) >= 11 is 0. The normalized spacial score (nSPS) is 26.3. The van der Waals surface area contributed by atoms with Gasteiger partial charge in [-0.25, -0.2) is 0 Å². The molecule has 0 heterocycles. The minimum absolute atomic E-state index is 0.0218. The van der Waals surface area contributed by atoms with Crippen LogP contribution in [0.25, 0.3) is 11.1 Å². The van der Waals surface area contributed by atoms with Crippen molar-refractivity contribution in [3.63, 3.8) is 0 Å². The highest BCUT2D eigenvalue weighted by molar-refractivity contribution is 6.24. The van der Waals surface area contributed by atoms with E-state index in [-0.39, 0.29) is 29.7 Å². The first kappa shape index (κ1) is 26.5. The molecule has 1 amide bonds. The molecule has 5 rings (SSSR count). The Kier molecular flexibility index (Phi) is 6.27. The van der Waals surface area contributed by atoms with E-state index in [1.807, 2.05) is 25.1 Å². The number of allylic oxidation sites excluding steroid dienone is 1. The Morgan fingerprint density at radius 2 is 1.79 bits per heavy atom. The van der Waals surface area contributed by atoms with Crippen LogP contribution in [-0.4, -0.2) is 75.1 Å². The number of benzene rings is 2. The van der Waals surface area contributed by atoms with Crippen LogP contribution in [0.3, 0.4) is 0 Å². The van der Waals surface area contributed by atoms with Gasteiger partial charge in [0.05, 0.1) is 18.2 Å². The van der Waals surface area contributed by atoms with Gasteiger partial charge in [-0.2, -0.15) is 0 Å².